The third-order valence-corrected chi connectivity index (χ3v) is 4.81. The summed E-state index contributed by atoms with van der Waals surface area (Å²) in [5.74, 6) is 0. The smallest absolute Gasteiger partial charge is 0.279 e. The molecule has 19 heavy (non-hydrogen) atoms. The molecular formula is C13H21N3O2S. The van der Waals surface area contributed by atoms with E-state index in [1.54, 1.807) is 7.05 Å². The molecule has 0 aliphatic carbocycles. The summed E-state index contributed by atoms with van der Waals surface area (Å²) in [5, 5.41) is 3.27. The summed E-state index contributed by atoms with van der Waals surface area (Å²) in [4.78, 5) is 0. The normalized spacial score (nSPS) is 20.0. The number of hydrogen-bond acceptors (Lipinski definition) is 3. The molecule has 1 aromatic carbocycles. The molecule has 1 saturated heterocycles. The van der Waals surface area contributed by atoms with E-state index in [0.29, 0.717) is 13.1 Å². The van der Waals surface area contributed by atoms with Crippen LogP contribution in [0.2, 0.25) is 0 Å². The molecule has 5 nitrogen and oxygen atoms in total. The molecule has 1 aliphatic heterocycles. The van der Waals surface area contributed by atoms with Gasteiger partial charge in [-0.1, -0.05) is 30.3 Å². The molecule has 0 bridgehead atoms. The van der Waals surface area contributed by atoms with Crippen LogP contribution in [0, 0.1) is 0 Å². The Hall–Kier alpha value is -0.950. The van der Waals surface area contributed by atoms with Crippen LogP contribution in [0.15, 0.2) is 30.3 Å². The Morgan fingerprint density at radius 1 is 1.37 bits per heavy atom. The van der Waals surface area contributed by atoms with Gasteiger partial charge in [0, 0.05) is 26.2 Å². The van der Waals surface area contributed by atoms with Gasteiger partial charge in [-0.15, -0.1) is 0 Å². The minimum atomic E-state index is -3.40. The van der Waals surface area contributed by atoms with Crippen LogP contribution in [0.1, 0.15) is 18.4 Å². The Morgan fingerprint density at radius 2 is 2.11 bits per heavy atom. The van der Waals surface area contributed by atoms with E-state index in [1.165, 1.54) is 4.31 Å². The lowest BCUT2D eigenvalue weighted by atomic mass is 10.2. The van der Waals surface area contributed by atoms with E-state index in [1.807, 2.05) is 30.3 Å². The molecule has 0 aromatic heterocycles. The summed E-state index contributed by atoms with van der Waals surface area (Å²) >= 11 is 0. The van der Waals surface area contributed by atoms with E-state index < -0.39 is 10.2 Å². The maximum Gasteiger partial charge on any atom is 0.279 e. The van der Waals surface area contributed by atoms with Crippen molar-refractivity contribution >= 4 is 10.2 Å². The van der Waals surface area contributed by atoms with Crippen molar-refractivity contribution in [3.8, 4) is 0 Å². The average molecular weight is 283 g/mol. The molecule has 1 aromatic rings. The molecule has 0 spiro atoms. The minimum absolute atomic E-state index is 0.264. The largest absolute Gasteiger partial charge is 0.313 e. The summed E-state index contributed by atoms with van der Waals surface area (Å²) < 4.78 is 28.2. The summed E-state index contributed by atoms with van der Waals surface area (Å²) in [6.07, 6.45) is 2.15. The molecule has 1 aliphatic rings. The van der Waals surface area contributed by atoms with Crippen molar-refractivity contribution in [1.82, 2.24) is 14.3 Å². The molecule has 1 unspecified atom stereocenters. The molecule has 1 atom stereocenters. The lowest BCUT2D eigenvalue weighted by Gasteiger charge is -2.19. The van der Waals surface area contributed by atoms with Crippen LogP contribution in [-0.2, 0) is 16.8 Å². The first-order valence-corrected chi connectivity index (χ1v) is 8.00. The van der Waals surface area contributed by atoms with Crippen LogP contribution in [0.4, 0.5) is 0 Å². The van der Waals surface area contributed by atoms with Crippen LogP contribution >= 0.6 is 0 Å². The van der Waals surface area contributed by atoms with Gasteiger partial charge in [0.1, 0.15) is 0 Å². The topological polar surface area (TPSA) is 61.4 Å². The monoisotopic (exact) mass is 283 g/mol. The molecule has 0 amide bonds. The summed E-state index contributed by atoms with van der Waals surface area (Å²) in [5.41, 5.74) is 0.981. The fourth-order valence-corrected chi connectivity index (χ4v) is 3.12. The Bertz CT molecular complexity index is 484. The highest BCUT2D eigenvalue weighted by Crippen LogP contribution is 2.07. The minimum Gasteiger partial charge on any atom is -0.313 e. The first kappa shape index (κ1) is 14.5. The van der Waals surface area contributed by atoms with E-state index in [2.05, 4.69) is 10.0 Å². The van der Waals surface area contributed by atoms with E-state index in [0.717, 1.165) is 24.9 Å². The summed E-state index contributed by atoms with van der Waals surface area (Å²) in [7, 11) is -1.81. The van der Waals surface area contributed by atoms with Gasteiger partial charge >= 0.3 is 0 Å². The van der Waals surface area contributed by atoms with Gasteiger partial charge in [0.15, 0.2) is 0 Å². The van der Waals surface area contributed by atoms with Crippen molar-refractivity contribution in [2.24, 2.45) is 0 Å². The second-order valence-electron chi connectivity index (χ2n) is 4.89. The zero-order valence-electron chi connectivity index (χ0n) is 11.2. The van der Waals surface area contributed by atoms with Crippen molar-refractivity contribution < 1.29 is 8.42 Å². The number of nitrogens with one attached hydrogen (secondary N) is 2. The van der Waals surface area contributed by atoms with Crippen LogP contribution in [0.3, 0.4) is 0 Å². The van der Waals surface area contributed by atoms with Crippen LogP contribution in [0.5, 0.6) is 0 Å². The van der Waals surface area contributed by atoms with E-state index in [-0.39, 0.29) is 6.04 Å². The Balaban J connectivity index is 1.87. The van der Waals surface area contributed by atoms with Crippen LogP contribution in [-0.4, -0.2) is 38.9 Å². The molecule has 1 fully saturated rings. The first-order chi connectivity index (χ1) is 9.08. The molecule has 6 heteroatoms. The number of benzene rings is 1. The fraction of sp³-hybridized carbons (Fsp3) is 0.538. The van der Waals surface area contributed by atoms with Gasteiger partial charge in [0.25, 0.3) is 10.2 Å². The van der Waals surface area contributed by atoms with Gasteiger partial charge < -0.3 is 5.32 Å². The van der Waals surface area contributed by atoms with Crippen molar-refractivity contribution in [3.05, 3.63) is 35.9 Å². The van der Waals surface area contributed by atoms with Gasteiger partial charge in [0.2, 0.25) is 0 Å². The van der Waals surface area contributed by atoms with Gasteiger partial charge in [-0.3, -0.25) is 0 Å². The van der Waals surface area contributed by atoms with Crippen LogP contribution < -0.4 is 10.0 Å². The number of rotatable bonds is 6. The van der Waals surface area contributed by atoms with Crippen LogP contribution in [0.25, 0.3) is 0 Å². The van der Waals surface area contributed by atoms with E-state index in [9.17, 15) is 8.42 Å². The highest BCUT2D eigenvalue weighted by Gasteiger charge is 2.21. The zero-order chi connectivity index (χ0) is 13.7. The van der Waals surface area contributed by atoms with Gasteiger partial charge in [0.05, 0.1) is 0 Å². The highest BCUT2D eigenvalue weighted by atomic mass is 32.2. The Morgan fingerprint density at radius 3 is 2.74 bits per heavy atom. The third kappa shape index (κ3) is 4.28. The molecular weight excluding hydrogens is 262 g/mol. The first-order valence-electron chi connectivity index (χ1n) is 6.56. The molecule has 0 radical (unpaired) electrons. The lowest BCUT2D eigenvalue weighted by Crippen LogP contribution is -2.43. The molecule has 0 saturated carbocycles. The van der Waals surface area contributed by atoms with Crippen molar-refractivity contribution in [3.63, 3.8) is 0 Å². The summed E-state index contributed by atoms with van der Waals surface area (Å²) in [6.45, 7) is 1.82. The maximum absolute atomic E-state index is 12.1. The van der Waals surface area contributed by atoms with Gasteiger partial charge in [-0.05, 0) is 24.9 Å². The second kappa shape index (κ2) is 6.47. The zero-order valence-corrected chi connectivity index (χ0v) is 12.0. The highest BCUT2D eigenvalue weighted by molar-refractivity contribution is 7.87. The SMILES string of the molecule is CN(Cc1ccccc1)S(=O)(=O)NCC1CCCN1. The third-order valence-electron chi connectivity index (χ3n) is 3.33. The lowest BCUT2D eigenvalue weighted by molar-refractivity contribution is 0.449. The standard InChI is InChI=1S/C13H21N3O2S/c1-16(11-12-6-3-2-4-7-12)19(17,18)15-10-13-8-5-9-14-13/h2-4,6-7,13-15H,5,8-11H2,1H3. The maximum atomic E-state index is 12.1. The van der Waals surface area contributed by atoms with E-state index >= 15 is 0 Å². The molecule has 2 rings (SSSR count). The quantitative estimate of drug-likeness (QED) is 0.808. The van der Waals surface area contributed by atoms with E-state index in [4.69, 9.17) is 0 Å². The molecule has 2 N–H and O–H groups in total. The molecule has 1 heterocycles. The van der Waals surface area contributed by atoms with Crippen molar-refractivity contribution in [2.75, 3.05) is 20.1 Å². The fourth-order valence-electron chi connectivity index (χ4n) is 2.17. The summed E-state index contributed by atoms with van der Waals surface area (Å²) in [6, 6.07) is 9.84. The number of hydrogen-bond donors (Lipinski definition) is 2. The number of nitrogens with zero attached hydrogens (tertiary/aromatic N) is 1. The second-order valence-corrected chi connectivity index (χ2v) is 6.75. The van der Waals surface area contributed by atoms with Gasteiger partial charge in [-0.25, -0.2) is 4.72 Å². The Kier molecular flexibility index (Phi) is 4.93. The average Bonchev–Trinajstić information content (AvgIpc) is 2.91. The Labute approximate surface area is 115 Å². The van der Waals surface area contributed by atoms with Gasteiger partial charge in [-0.2, -0.15) is 12.7 Å². The predicted octanol–water partition coefficient (Wildman–Crippen LogP) is 0.705. The predicted molar refractivity (Wildman–Crippen MR) is 75.9 cm³/mol. The van der Waals surface area contributed by atoms with Crippen molar-refractivity contribution in [2.45, 2.75) is 25.4 Å². The van der Waals surface area contributed by atoms with Crippen molar-refractivity contribution in [1.29, 1.82) is 0 Å². The molecule has 106 valence electrons.